The number of benzene rings is 2. The van der Waals surface area contributed by atoms with Gasteiger partial charge in [0.1, 0.15) is 28.0 Å². The number of nitrogens with two attached hydrogens (primary N) is 1. The summed E-state index contributed by atoms with van der Waals surface area (Å²) in [4.78, 5) is 3.94. The average Bonchev–Trinajstić information content (AvgIpc) is 3.36. The molecule has 9 nitrogen and oxygen atoms in total. The van der Waals surface area contributed by atoms with Crippen LogP contribution in [0.2, 0.25) is 0 Å². The Balaban J connectivity index is 1.36. The third kappa shape index (κ3) is 5.62. The van der Waals surface area contributed by atoms with Crippen LogP contribution in [0.3, 0.4) is 0 Å². The molecule has 12 heteroatoms. The standard InChI is InChI=1S/C31H34F2N6O3S/c1-17(2)39-30-23(19-5-8-21(9-6-19)36-22-15-42-16-22)14-35-31(34)28(30)29(37-39)20-7-11-26(25(33)13-20)38-43(40,41)27-12-18(3)4-10-24(27)32/h4-5,7,10-14,17,21-22,36,38H,6,8-9,15-16H2,1-3H3,(H2,34,35). The van der Waals surface area contributed by atoms with E-state index in [1.54, 1.807) is 19.2 Å². The third-order valence-corrected chi connectivity index (χ3v) is 9.35. The average molecular weight is 609 g/mol. The van der Waals surface area contributed by atoms with Gasteiger partial charge in [0.15, 0.2) is 0 Å². The van der Waals surface area contributed by atoms with Gasteiger partial charge in [0.2, 0.25) is 0 Å². The lowest BCUT2D eigenvalue weighted by Crippen LogP contribution is -2.50. The number of ether oxygens (including phenoxy) is 1. The van der Waals surface area contributed by atoms with E-state index >= 15 is 4.39 Å². The van der Waals surface area contributed by atoms with Gasteiger partial charge in [-0.3, -0.25) is 9.40 Å². The van der Waals surface area contributed by atoms with E-state index in [1.807, 2.05) is 18.5 Å². The minimum absolute atomic E-state index is 0.0332. The van der Waals surface area contributed by atoms with Gasteiger partial charge >= 0.3 is 0 Å². The van der Waals surface area contributed by atoms with Crippen LogP contribution in [0.1, 0.15) is 50.3 Å². The van der Waals surface area contributed by atoms with Crippen molar-refractivity contribution in [3.63, 3.8) is 0 Å². The summed E-state index contributed by atoms with van der Waals surface area (Å²) in [5.41, 5.74) is 10.4. The number of nitrogen functional groups attached to an aromatic ring is 1. The van der Waals surface area contributed by atoms with Gasteiger partial charge in [0, 0.05) is 29.4 Å². The molecule has 3 heterocycles. The van der Waals surface area contributed by atoms with E-state index in [1.165, 1.54) is 24.3 Å². The molecule has 0 radical (unpaired) electrons. The van der Waals surface area contributed by atoms with Crippen LogP contribution in [-0.4, -0.2) is 48.5 Å². The van der Waals surface area contributed by atoms with Crippen molar-refractivity contribution in [2.24, 2.45) is 0 Å². The van der Waals surface area contributed by atoms with Gasteiger partial charge < -0.3 is 15.8 Å². The number of hydrogen-bond donors (Lipinski definition) is 3. The molecular weight excluding hydrogens is 574 g/mol. The fourth-order valence-electron chi connectivity index (χ4n) is 5.66. The topological polar surface area (TPSA) is 124 Å². The fourth-order valence-corrected chi connectivity index (χ4v) is 6.89. The zero-order valence-electron chi connectivity index (χ0n) is 24.2. The molecule has 1 atom stereocenters. The number of aryl methyl sites for hydroxylation is 1. The summed E-state index contributed by atoms with van der Waals surface area (Å²) in [5, 5.41) is 9.10. The zero-order chi connectivity index (χ0) is 30.5. The van der Waals surface area contributed by atoms with Gasteiger partial charge in [0.25, 0.3) is 10.0 Å². The minimum Gasteiger partial charge on any atom is -0.383 e. The number of hydrogen-bond acceptors (Lipinski definition) is 7. The minimum atomic E-state index is -4.37. The molecule has 2 aromatic heterocycles. The number of nitrogens with zero attached hydrogens (tertiary/aromatic N) is 3. The molecule has 4 N–H and O–H groups in total. The molecule has 2 aromatic carbocycles. The summed E-state index contributed by atoms with van der Waals surface area (Å²) in [7, 11) is -4.37. The Morgan fingerprint density at radius 1 is 1.09 bits per heavy atom. The summed E-state index contributed by atoms with van der Waals surface area (Å²) >= 11 is 0. The number of pyridine rings is 1. The van der Waals surface area contributed by atoms with E-state index in [0.29, 0.717) is 34.3 Å². The molecule has 43 heavy (non-hydrogen) atoms. The van der Waals surface area contributed by atoms with Crippen LogP contribution in [-0.2, 0) is 14.8 Å². The Labute approximate surface area is 249 Å². The molecule has 1 saturated heterocycles. The number of nitrogens with one attached hydrogen (secondary N) is 2. The van der Waals surface area contributed by atoms with Crippen molar-refractivity contribution >= 4 is 38.0 Å². The van der Waals surface area contributed by atoms with Gasteiger partial charge in [-0.1, -0.05) is 18.2 Å². The van der Waals surface area contributed by atoms with Crippen LogP contribution >= 0.6 is 0 Å². The highest BCUT2D eigenvalue weighted by atomic mass is 32.2. The van der Waals surface area contributed by atoms with E-state index in [0.717, 1.165) is 55.2 Å². The lowest BCUT2D eigenvalue weighted by molar-refractivity contribution is -0.0103. The highest BCUT2D eigenvalue weighted by molar-refractivity contribution is 7.92. The molecule has 0 saturated carbocycles. The highest BCUT2D eigenvalue weighted by Crippen LogP contribution is 2.40. The third-order valence-electron chi connectivity index (χ3n) is 7.97. The monoisotopic (exact) mass is 608 g/mol. The Morgan fingerprint density at radius 3 is 2.53 bits per heavy atom. The molecular formula is C31H34F2N6O3S. The molecule has 6 rings (SSSR count). The van der Waals surface area contributed by atoms with Gasteiger partial charge in [-0.2, -0.15) is 5.10 Å². The second-order valence-electron chi connectivity index (χ2n) is 11.5. The van der Waals surface area contributed by atoms with Crippen molar-refractivity contribution in [1.82, 2.24) is 20.1 Å². The number of fused-ring (bicyclic) bond motifs is 1. The van der Waals surface area contributed by atoms with Gasteiger partial charge in [-0.05, 0) is 75.4 Å². The fraction of sp³-hybridized carbons (Fsp3) is 0.355. The quantitative estimate of drug-likeness (QED) is 0.239. The Morgan fingerprint density at radius 2 is 1.88 bits per heavy atom. The number of rotatable bonds is 8. The Kier molecular flexibility index (Phi) is 7.69. The normalized spacial score (nSPS) is 17.7. The largest absolute Gasteiger partial charge is 0.383 e. The molecule has 0 bridgehead atoms. The second kappa shape index (κ2) is 11.3. The second-order valence-corrected chi connectivity index (χ2v) is 13.2. The molecule has 0 spiro atoms. The first kappa shape index (κ1) is 29.2. The summed E-state index contributed by atoms with van der Waals surface area (Å²) < 4.78 is 64.8. The Bertz CT molecular complexity index is 1850. The molecule has 1 aliphatic carbocycles. The molecule has 1 fully saturated rings. The van der Waals surface area contributed by atoms with E-state index in [2.05, 4.69) is 21.1 Å². The summed E-state index contributed by atoms with van der Waals surface area (Å²) in [6, 6.07) is 8.56. The van der Waals surface area contributed by atoms with Crippen molar-refractivity contribution in [2.75, 3.05) is 23.7 Å². The molecule has 1 unspecified atom stereocenters. The maximum Gasteiger partial charge on any atom is 0.264 e. The maximum atomic E-state index is 15.4. The summed E-state index contributed by atoms with van der Waals surface area (Å²) in [5.74, 6) is -1.50. The molecule has 226 valence electrons. The van der Waals surface area contributed by atoms with E-state index in [-0.39, 0.29) is 17.5 Å². The van der Waals surface area contributed by atoms with Gasteiger partial charge in [0.05, 0.1) is 35.8 Å². The number of aromatic nitrogens is 3. The maximum absolute atomic E-state index is 15.4. The van der Waals surface area contributed by atoms with Crippen molar-refractivity contribution in [1.29, 1.82) is 0 Å². The predicted molar refractivity (Wildman–Crippen MR) is 163 cm³/mol. The summed E-state index contributed by atoms with van der Waals surface area (Å²) in [6.07, 6.45) is 6.74. The number of sulfonamides is 1. The van der Waals surface area contributed by atoms with Crippen LogP contribution < -0.4 is 15.8 Å². The van der Waals surface area contributed by atoms with Crippen LogP contribution in [0.5, 0.6) is 0 Å². The summed E-state index contributed by atoms with van der Waals surface area (Å²) in [6.45, 7) is 7.17. The number of halogens is 2. The smallest absolute Gasteiger partial charge is 0.264 e. The first-order valence-corrected chi connectivity index (χ1v) is 15.8. The van der Waals surface area contributed by atoms with Crippen LogP contribution in [0, 0.1) is 18.6 Å². The van der Waals surface area contributed by atoms with Crippen LogP contribution in [0.4, 0.5) is 20.3 Å². The van der Waals surface area contributed by atoms with Crippen molar-refractivity contribution < 1.29 is 21.9 Å². The first-order chi connectivity index (χ1) is 20.5. The molecule has 2 aliphatic rings. The van der Waals surface area contributed by atoms with Gasteiger partial charge in [-0.15, -0.1) is 0 Å². The van der Waals surface area contributed by atoms with Crippen molar-refractivity contribution in [3.8, 4) is 11.3 Å². The van der Waals surface area contributed by atoms with Crippen molar-refractivity contribution in [3.05, 3.63) is 71.4 Å². The van der Waals surface area contributed by atoms with Crippen LogP contribution in [0.15, 0.2) is 53.6 Å². The lowest BCUT2D eigenvalue weighted by Gasteiger charge is -2.33. The highest BCUT2D eigenvalue weighted by Gasteiger charge is 2.27. The number of allylic oxidation sites excluding steroid dienone is 1. The molecule has 1 aliphatic heterocycles. The van der Waals surface area contributed by atoms with E-state index < -0.39 is 26.6 Å². The van der Waals surface area contributed by atoms with Crippen LogP contribution in [0.25, 0.3) is 27.7 Å². The SMILES string of the molecule is Cc1ccc(F)c(S(=O)(=O)Nc2ccc(-c3nn(C(C)C)c4c(C5=CCC(NC6COC6)CC5)cnc(N)c34)cc2F)c1. The van der Waals surface area contributed by atoms with Gasteiger partial charge in [-0.25, -0.2) is 22.2 Å². The molecule has 0 amide bonds. The molecule has 4 aromatic rings. The first-order valence-electron chi connectivity index (χ1n) is 14.3. The van der Waals surface area contributed by atoms with E-state index in [4.69, 9.17) is 15.6 Å². The van der Waals surface area contributed by atoms with Crippen molar-refractivity contribution in [2.45, 2.75) is 63.1 Å². The predicted octanol–water partition coefficient (Wildman–Crippen LogP) is 5.57. The Hall–Kier alpha value is -3.87. The number of anilines is 2. The lowest BCUT2D eigenvalue weighted by atomic mass is 9.89. The zero-order valence-corrected chi connectivity index (χ0v) is 25.0. The van der Waals surface area contributed by atoms with E-state index in [9.17, 15) is 12.8 Å².